The molecule has 1 rings (SSSR count). The lowest BCUT2D eigenvalue weighted by Gasteiger charge is -2.36. The molecule has 0 aromatic rings. The molecule has 1 saturated heterocycles. The van der Waals surface area contributed by atoms with E-state index < -0.39 is 57.1 Å². The zero-order valence-corrected chi connectivity index (χ0v) is 14.3. The first-order valence-corrected chi connectivity index (χ1v) is 9.15. The normalized spacial score (nSPS) is 31.2. The number of aliphatic hydroxyl groups is 3. The van der Waals surface area contributed by atoms with Gasteiger partial charge in [0.05, 0.1) is 13.2 Å². The van der Waals surface area contributed by atoms with Crippen molar-refractivity contribution in [1.82, 2.24) is 5.32 Å². The number of nitrogens with one attached hydrogen (secondary N) is 1. The zero-order chi connectivity index (χ0) is 19.3. The van der Waals surface area contributed by atoms with E-state index in [9.17, 15) is 29.8 Å². The van der Waals surface area contributed by atoms with Crippen LogP contribution in [-0.2, 0) is 18.6 Å². The molecule has 1 fully saturated rings. The molecule has 0 radical (unpaired) electrons. The summed E-state index contributed by atoms with van der Waals surface area (Å²) in [4.78, 5) is 29.5. The Balaban J connectivity index is 3.07. The first kappa shape index (κ1) is 22.4. The lowest BCUT2D eigenvalue weighted by Crippen LogP contribution is -2.62. The number of hydrogen-bond donors (Lipinski definition) is 8. The Morgan fingerprint density at radius 2 is 2.00 bits per heavy atom. The van der Waals surface area contributed by atoms with E-state index in [4.69, 9.17) is 20.3 Å². The third kappa shape index (κ3) is 5.93. The monoisotopic (exact) mass is 388 g/mol. The molecule has 13 heteroatoms. The van der Waals surface area contributed by atoms with Crippen molar-refractivity contribution in [3.63, 3.8) is 0 Å². The fourth-order valence-corrected chi connectivity index (χ4v) is 3.24. The highest BCUT2D eigenvalue weighted by atomic mass is 31.2. The van der Waals surface area contributed by atoms with Crippen LogP contribution >= 0.6 is 7.82 Å². The van der Waals surface area contributed by atoms with E-state index in [1.807, 2.05) is 0 Å². The molecular formula is C12H25N2O10P. The molecular weight excluding hydrogens is 363 g/mol. The van der Waals surface area contributed by atoms with Crippen LogP contribution in [0.4, 0.5) is 0 Å². The van der Waals surface area contributed by atoms with E-state index in [1.165, 1.54) is 0 Å². The van der Waals surface area contributed by atoms with Crippen LogP contribution < -0.4 is 11.1 Å². The molecule has 0 amide bonds. The number of aliphatic carboxylic acids is 1. The number of phosphoric ester groups is 1. The van der Waals surface area contributed by atoms with Crippen molar-refractivity contribution >= 4 is 13.8 Å². The van der Waals surface area contributed by atoms with E-state index in [-0.39, 0.29) is 6.42 Å². The second-order valence-corrected chi connectivity index (χ2v) is 6.91. The van der Waals surface area contributed by atoms with Crippen LogP contribution in [0.15, 0.2) is 0 Å². The maximum atomic E-state index is 11.4. The first-order chi connectivity index (χ1) is 11.6. The number of carboxylic acid groups (broad SMARTS) is 1. The van der Waals surface area contributed by atoms with E-state index >= 15 is 0 Å². The molecule has 1 aliphatic heterocycles. The molecule has 5 atom stereocenters. The van der Waals surface area contributed by atoms with Crippen molar-refractivity contribution in [3.8, 4) is 0 Å². The molecule has 1 heterocycles. The molecule has 0 saturated carbocycles. The number of nitrogens with two attached hydrogens (primary N) is 1. The van der Waals surface area contributed by atoms with E-state index in [1.54, 1.807) is 0 Å². The van der Waals surface area contributed by atoms with Crippen LogP contribution in [-0.4, -0.2) is 86.0 Å². The van der Waals surface area contributed by atoms with Gasteiger partial charge in [0.25, 0.3) is 0 Å². The minimum atomic E-state index is -5.11. The van der Waals surface area contributed by atoms with Gasteiger partial charge in [0.1, 0.15) is 24.4 Å². The van der Waals surface area contributed by atoms with Gasteiger partial charge in [-0.05, 0) is 19.4 Å². The van der Waals surface area contributed by atoms with Gasteiger partial charge in [-0.1, -0.05) is 6.42 Å². The van der Waals surface area contributed by atoms with E-state index in [0.717, 1.165) is 0 Å². The van der Waals surface area contributed by atoms with Gasteiger partial charge in [-0.2, -0.15) is 0 Å². The predicted molar refractivity (Wildman–Crippen MR) is 82.2 cm³/mol. The maximum absolute atomic E-state index is 11.4. The summed E-state index contributed by atoms with van der Waals surface area (Å²) in [5.74, 6) is -1.30. The van der Waals surface area contributed by atoms with Crippen molar-refractivity contribution < 1.29 is 48.8 Å². The maximum Gasteiger partial charge on any atom is 0.470 e. The molecule has 0 bridgehead atoms. The Labute approximate surface area is 143 Å². The third-order valence-corrected chi connectivity index (χ3v) is 4.34. The van der Waals surface area contributed by atoms with Gasteiger partial charge in [0, 0.05) is 0 Å². The van der Waals surface area contributed by atoms with Gasteiger partial charge in [0.15, 0.2) is 5.72 Å². The van der Waals surface area contributed by atoms with E-state index in [2.05, 4.69) is 9.84 Å². The summed E-state index contributed by atoms with van der Waals surface area (Å²) in [5, 5.41) is 40.8. The van der Waals surface area contributed by atoms with Crippen molar-refractivity contribution in [3.05, 3.63) is 0 Å². The topological polar surface area (TPSA) is 212 Å². The summed E-state index contributed by atoms with van der Waals surface area (Å²) in [6.07, 6.45) is -3.81. The molecule has 1 aliphatic rings. The van der Waals surface area contributed by atoms with Crippen LogP contribution in [0.1, 0.15) is 19.3 Å². The fourth-order valence-electron chi connectivity index (χ4n) is 2.65. The summed E-state index contributed by atoms with van der Waals surface area (Å²) in [5.41, 5.74) is 3.23. The highest BCUT2D eigenvalue weighted by Crippen LogP contribution is 2.44. The molecule has 0 spiro atoms. The first-order valence-electron chi connectivity index (χ1n) is 7.62. The zero-order valence-electron chi connectivity index (χ0n) is 13.4. The number of aliphatic hydroxyl groups excluding tert-OH is 3. The summed E-state index contributed by atoms with van der Waals surface area (Å²) in [6.45, 7) is -1.36. The van der Waals surface area contributed by atoms with Crippen molar-refractivity contribution in [2.45, 2.75) is 49.3 Å². The molecule has 0 aliphatic carbocycles. The average Bonchev–Trinajstić information content (AvgIpc) is 2.78. The number of carboxylic acids is 1. The predicted octanol–water partition coefficient (Wildman–Crippen LogP) is -2.92. The van der Waals surface area contributed by atoms with Gasteiger partial charge >= 0.3 is 13.8 Å². The van der Waals surface area contributed by atoms with Crippen LogP contribution in [0.25, 0.3) is 0 Å². The Hall–Kier alpha value is -0.660. The Kier molecular flexibility index (Phi) is 8.35. The van der Waals surface area contributed by atoms with Crippen molar-refractivity contribution in [2.75, 3.05) is 19.8 Å². The SMILES string of the molecule is NCCCC[C@H](NC1(CO)O[C@H](CO)[C@@H](O)[C@@H]1OP(=O)(O)O)C(=O)O. The van der Waals surface area contributed by atoms with Gasteiger partial charge in [-0.25, -0.2) is 4.57 Å². The van der Waals surface area contributed by atoms with Crippen LogP contribution in [0.2, 0.25) is 0 Å². The Bertz CT molecular complexity index is 489. The minimum absolute atomic E-state index is 0.0835. The molecule has 1 unspecified atom stereocenters. The lowest BCUT2D eigenvalue weighted by atomic mass is 10.0. The standard InChI is InChI=1S/C12H25N2O10P/c13-4-2-1-3-7(11(18)19)14-12(6-16)10(24-25(20,21)22)9(17)8(5-15)23-12/h7-10,14-17H,1-6,13H2,(H,18,19)(H2,20,21,22)/t7-,8+,9+,10-,12?/m0/s1. The highest BCUT2D eigenvalue weighted by Gasteiger charge is 2.58. The van der Waals surface area contributed by atoms with Crippen molar-refractivity contribution in [1.29, 1.82) is 0 Å². The number of unbranched alkanes of at least 4 members (excludes halogenated alkanes) is 1. The van der Waals surface area contributed by atoms with Gasteiger partial charge < -0.3 is 40.7 Å². The largest absolute Gasteiger partial charge is 0.480 e. The Morgan fingerprint density at radius 3 is 2.44 bits per heavy atom. The minimum Gasteiger partial charge on any atom is -0.480 e. The number of carbonyl (C=O) groups is 1. The fraction of sp³-hybridized carbons (Fsp3) is 0.917. The van der Waals surface area contributed by atoms with Crippen molar-refractivity contribution in [2.24, 2.45) is 5.73 Å². The molecule has 9 N–H and O–H groups in total. The third-order valence-electron chi connectivity index (χ3n) is 3.84. The lowest BCUT2D eigenvalue weighted by molar-refractivity contribution is -0.157. The molecule has 0 aromatic heterocycles. The summed E-state index contributed by atoms with van der Waals surface area (Å²) in [6, 6.07) is -1.27. The number of rotatable bonds is 11. The number of ether oxygens (including phenoxy) is 1. The quantitative estimate of drug-likeness (QED) is 0.132. The summed E-state index contributed by atoms with van der Waals surface area (Å²) in [7, 11) is -5.11. The number of phosphoric acid groups is 1. The van der Waals surface area contributed by atoms with Crippen LogP contribution in [0.5, 0.6) is 0 Å². The summed E-state index contributed by atoms with van der Waals surface area (Å²) < 4.78 is 21.0. The summed E-state index contributed by atoms with van der Waals surface area (Å²) >= 11 is 0. The van der Waals surface area contributed by atoms with Crippen LogP contribution in [0, 0.1) is 0 Å². The molecule has 148 valence electrons. The smallest absolute Gasteiger partial charge is 0.470 e. The van der Waals surface area contributed by atoms with E-state index in [0.29, 0.717) is 19.4 Å². The van der Waals surface area contributed by atoms with Gasteiger partial charge in [-0.15, -0.1) is 0 Å². The Morgan fingerprint density at radius 1 is 1.36 bits per heavy atom. The van der Waals surface area contributed by atoms with Gasteiger partial charge in [-0.3, -0.25) is 14.6 Å². The second-order valence-electron chi connectivity index (χ2n) is 5.71. The van der Waals surface area contributed by atoms with Gasteiger partial charge in [0.2, 0.25) is 0 Å². The van der Waals surface area contributed by atoms with Crippen LogP contribution in [0.3, 0.4) is 0 Å². The highest BCUT2D eigenvalue weighted by molar-refractivity contribution is 7.46. The second kappa shape index (κ2) is 9.33. The molecule has 12 nitrogen and oxygen atoms in total. The number of hydrogen-bond acceptors (Lipinski definition) is 9. The molecule has 25 heavy (non-hydrogen) atoms. The average molecular weight is 388 g/mol. The molecule has 0 aromatic carbocycles.